The van der Waals surface area contributed by atoms with Gasteiger partial charge in [0.2, 0.25) is 5.91 Å². The molecule has 0 bridgehead atoms. The van der Waals surface area contributed by atoms with Crippen molar-refractivity contribution in [3.8, 4) is 11.1 Å². The first-order valence-electron chi connectivity index (χ1n) is 4.94. The fraction of sp³-hybridized carbons (Fsp3) is 0. The molecule has 4 heteroatoms. The lowest BCUT2D eigenvalue weighted by Gasteiger charge is -2.06. The second-order valence-corrected chi connectivity index (χ2v) is 3.55. The summed E-state index contributed by atoms with van der Waals surface area (Å²) in [6.07, 6.45) is 0. The smallest absolute Gasteiger partial charge is 0.248 e. The lowest BCUT2D eigenvalue weighted by atomic mass is 10.0. The van der Waals surface area contributed by atoms with Crippen molar-refractivity contribution in [1.29, 1.82) is 0 Å². The van der Waals surface area contributed by atoms with Gasteiger partial charge >= 0.3 is 0 Å². The highest BCUT2D eigenvalue weighted by molar-refractivity contribution is 5.93. The number of carbonyl (C=O) groups is 1. The van der Waals surface area contributed by atoms with Crippen molar-refractivity contribution < 1.29 is 13.6 Å². The van der Waals surface area contributed by atoms with E-state index in [1.807, 2.05) is 0 Å². The number of hydrogen-bond donors (Lipinski definition) is 1. The molecule has 0 saturated carbocycles. The molecule has 0 aliphatic carbocycles. The fourth-order valence-corrected chi connectivity index (χ4v) is 1.60. The summed E-state index contributed by atoms with van der Waals surface area (Å²) in [5.41, 5.74) is 5.05. The van der Waals surface area contributed by atoms with Gasteiger partial charge in [-0.15, -0.1) is 0 Å². The molecule has 0 radical (unpaired) electrons. The lowest BCUT2D eigenvalue weighted by molar-refractivity contribution is 0.0999. The first-order chi connectivity index (χ1) is 8.09. The minimum Gasteiger partial charge on any atom is -0.366 e. The van der Waals surface area contributed by atoms with Gasteiger partial charge < -0.3 is 5.73 Å². The van der Waals surface area contributed by atoms with Crippen molar-refractivity contribution in [1.82, 2.24) is 0 Å². The lowest BCUT2D eigenvalue weighted by Crippen LogP contribution is -2.12. The van der Waals surface area contributed by atoms with Crippen LogP contribution < -0.4 is 5.73 Å². The van der Waals surface area contributed by atoms with E-state index in [9.17, 15) is 13.6 Å². The Balaban J connectivity index is 2.61. The topological polar surface area (TPSA) is 43.1 Å². The minimum absolute atomic E-state index is 0.157. The minimum atomic E-state index is -0.859. The van der Waals surface area contributed by atoms with Gasteiger partial charge in [0.1, 0.15) is 11.6 Å². The largest absolute Gasteiger partial charge is 0.366 e. The van der Waals surface area contributed by atoms with E-state index in [4.69, 9.17) is 5.73 Å². The Morgan fingerprint density at radius 3 is 2.00 bits per heavy atom. The Morgan fingerprint density at radius 1 is 1.00 bits per heavy atom. The van der Waals surface area contributed by atoms with E-state index in [1.54, 1.807) is 30.3 Å². The van der Waals surface area contributed by atoms with Gasteiger partial charge in [0, 0.05) is 5.56 Å². The number of nitrogens with two attached hydrogens (primary N) is 1. The molecule has 17 heavy (non-hydrogen) atoms. The van der Waals surface area contributed by atoms with Crippen molar-refractivity contribution in [2.75, 3.05) is 0 Å². The van der Waals surface area contributed by atoms with Crippen LogP contribution in [0.5, 0.6) is 0 Å². The molecule has 0 aliphatic heterocycles. The first-order valence-corrected chi connectivity index (χ1v) is 4.94. The first kappa shape index (κ1) is 11.3. The molecular weight excluding hydrogens is 224 g/mol. The Labute approximate surface area is 96.7 Å². The molecular formula is C13H9F2NO. The Hall–Kier alpha value is -2.23. The van der Waals surface area contributed by atoms with Crippen LogP contribution in [-0.4, -0.2) is 5.91 Å². The van der Waals surface area contributed by atoms with Crippen LogP contribution in [0.15, 0.2) is 42.5 Å². The third-order valence-electron chi connectivity index (χ3n) is 2.39. The van der Waals surface area contributed by atoms with Gasteiger partial charge in [-0.3, -0.25) is 4.79 Å². The van der Waals surface area contributed by atoms with Crippen LogP contribution in [0.3, 0.4) is 0 Å². The van der Waals surface area contributed by atoms with E-state index in [2.05, 4.69) is 0 Å². The number of carbonyl (C=O) groups excluding carboxylic acids is 1. The number of amides is 1. The van der Waals surface area contributed by atoms with Crippen LogP contribution in [0.4, 0.5) is 8.78 Å². The predicted octanol–water partition coefficient (Wildman–Crippen LogP) is 2.73. The average Bonchev–Trinajstić information content (AvgIpc) is 2.29. The molecule has 2 rings (SSSR count). The maximum Gasteiger partial charge on any atom is 0.248 e. The fourth-order valence-electron chi connectivity index (χ4n) is 1.60. The van der Waals surface area contributed by atoms with Gasteiger partial charge in [-0.25, -0.2) is 8.78 Å². The van der Waals surface area contributed by atoms with E-state index < -0.39 is 17.5 Å². The van der Waals surface area contributed by atoms with Crippen LogP contribution in [0.2, 0.25) is 0 Å². The van der Waals surface area contributed by atoms with Crippen molar-refractivity contribution in [2.24, 2.45) is 5.73 Å². The highest BCUT2D eigenvalue weighted by Gasteiger charge is 2.14. The maximum atomic E-state index is 13.7. The van der Waals surface area contributed by atoms with E-state index >= 15 is 0 Å². The molecule has 0 atom stereocenters. The Morgan fingerprint density at radius 2 is 1.53 bits per heavy atom. The van der Waals surface area contributed by atoms with Crippen LogP contribution in [0.25, 0.3) is 11.1 Å². The Kier molecular flexibility index (Phi) is 2.87. The molecule has 0 aromatic heterocycles. The summed E-state index contributed by atoms with van der Waals surface area (Å²) >= 11 is 0. The summed E-state index contributed by atoms with van der Waals surface area (Å²) in [5, 5.41) is 0. The molecule has 0 fully saturated rings. The van der Waals surface area contributed by atoms with Crippen LogP contribution in [0, 0.1) is 11.6 Å². The van der Waals surface area contributed by atoms with Gasteiger partial charge in [0.15, 0.2) is 0 Å². The molecule has 0 unspecified atom stereocenters. The predicted molar refractivity (Wildman–Crippen MR) is 60.3 cm³/mol. The normalized spacial score (nSPS) is 10.2. The highest BCUT2D eigenvalue weighted by Crippen LogP contribution is 2.26. The standard InChI is InChI=1S/C13H9F2NO/c14-10-6-9(13(16)17)7-11(15)12(10)8-4-2-1-3-5-8/h1-7H,(H2,16,17). The third kappa shape index (κ3) is 2.15. The number of rotatable bonds is 2. The monoisotopic (exact) mass is 233 g/mol. The molecule has 0 spiro atoms. The second kappa shape index (κ2) is 4.33. The SMILES string of the molecule is NC(=O)c1cc(F)c(-c2ccccc2)c(F)c1. The number of halogens is 2. The number of hydrogen-bond acceptors (Lipinski definition) is 1. The van der Waals surface area contributed by atoms with E-state index in [0.29, 0.717) is 5.56 Å². The van der Waals surface area contributed by atoms with Gasteiger partial charge in [0.05, 0.1) is 5.56 Å². The molecule has 0 aliphatic rings. The molecule has 86 valence electrons. The molecule has 2 aromatic rings. The summed E-state index contributed by atoms with van der Waals surface area (Å²) in [4.78, 5) is 10.8. The van der Waals surface area contributed by atoms with Crippen molar-refractivity contribution >= 4 is 5.91 Å². The van der Waals surface area contributed by atoms with Crippen LogP contribution in [0.1, 0.15) is 10.4 Å². The molecule has 0 saturated heterocycles. The summed E-state index contributed by atoms with van der Waals surface area (Å²) in [7, 11) is 0. The third-order valence-corrected chi connectivity index (χ3v) is 2.39. The molecule has 2 nitrogen and oxygen atoms in total. The van der Waals surface area contributed by atoms with Crippen LogP contribution >= 0.6 is 0 Å². The van der Waals surface area contributed by atoms with Crippen molar-refractivity contribution in [3.63, 3.8) is 0 Å². The number of benzene rings is 2. The molecule has 0 heterocycles. The van der Waals surface area contributed by atoms with Gasteiger partial charge in [-0.1, -0.05) is 30.3 Å². The van der Waals surface area contributed by atoms with Crippen LogP contribution in [-0.2, 0) is 0 Å². The van der Waals surface area contributed by atoms with E-state index in [1.165, 1.54) is 0 Å². The second-order valence-electron chi connectivity index (χ2n) is 3.55. The molecule has 2 N–H and O–H groups in total. The summed E-state index contributed by atoms with van der Waals surface area (Å²) in [6, 6.07) is 10.2. The summed E-state index contributed by atoms with van der Waals surface area (Å²) in [5.74, 6) is -2.46. The zero-order valence-electron chi connectivity index (χ0n) is 8.78. The average molecular weight is 233 g/mol. The maximum absolute atomic E-state index is 13.7. The van der Waals surface area contributed by atoms with Gasteiger partial charge in [-0.2, -0.15) is 0 Å². The van der Waals surface area contributed by atoms with Gasteiger partial charge in [0.25, 0.3) is 0 Å². The molecule has 1 amide bonds. The highest BCUT2D eigenvalue weighted by atomic mass is 19.1. The van der Waals surface area contributed by atoms with Gasteiger partial charge in [-0.05, 0) is 17.7 Å². The summed E-state index contributed by atoms with van der Waals surface area (Å²) < 4.78 is 27.4. The Bertz CT molecular complexity index is 544. The zero-order chi connectivity index (χ0) is 12.4. The quantitative estimate of drug-likeness (QED) is 0.851. The van der Waals surface area contributed by atoms with E-state index in [-0.39, 0.29) is 11.1 Å². The van der Waals surface area contributed by atoms with Crippen molar-refractivity contribution in [3.05, 3.63) is 59.7 Å². The van der Waals surface area contributed by atoms with E-state index in [0.717, 1.165) is 12.1 Å². The summed E-state index contributed by atoms with van der Waals surface area (Å²) in [6.45, 7) is 0. The van der Waals surface area contributed by atoms with Crippen molar-refractivity contribution in [2.45, 2.75) is 0 Å². The molecule has 2 aromatic carbocycles. The zero-order valence-corrected chi connectivity index (χ0v) is 8.78. The number of primary amides is 1.